The number of ketones is 1. The van der Waals surface area contributed by atoms with Crippen LogP contribution in [0.25, 0.3) is 0 Å². The maximum Gasteiger partial charge on any atom is 0.325 e. The Balaban J connectivity index is 1.51. The minimum atomic E-state index is -0.809. The number of hydrogen-bond acceptors (Lipinski definition) is 8. The second-order valence-corrected chi connectivity index (χ2v) is 6.40. The highest BCUT2D eigenvalue weighted by Gasteiger charge is 2.21. The van der Waals surface area contributed by atoms with Gasteiger partial charge < -0.3 is 29.6 Å². The second kappa shape index (κ2) is 9.61. The Morgan fingerprint density at radius 3 is 2.45 bits per heavy atom. The average Bonchev–Trinajstić information content (AvgIpc) is 3.22. The molecule has 0 spiro atoms. The van der Waals surface area contributed by atoms with E-state index in [1.165, 1.54) is 26.2 Å². The topological polar surface area (TPSA) is 129 Å². The molecule has 31 heavy (non-hydrogen) atoms. The molecule has 0 unspecified atom stereocenters. The zero-order valence-corrected chi connectivity index (χ0v) is 16.9. The van der Waals surface area contributed by atoms with Gasteiger partial charge in [-0.15, -0.1) is 0 Å². The molecule has 0 saturated carbocycles. The van der Waals surface area contributed by atoms with Crippen LogP contribution in [0, 0.1) is 0 Å². The lowest BCUT2D eigenvalue weighted by atomic mass is 10.1. The Hall–Kier alpha value is -4.08. The number of methoxy groups -OCH3 is 1. The number of para-hydroxylation sites is 1. The monoisotopic (exact) mass is 428 g/mol. The van der Waals surface area contributed by atoms with Crippen LogP contribution in [0.3, 0.4) is 0 Å². The molecule has 3 rings (SSSR count). The number of carbonyl (C=O) groups excluding carboxylic acids is 4. The van der Waals surface area contributed by atoms with E-state index >= 15 is 0 Å². The van der Waals surface area contributed by atoms with Gasteiger partial charge in [0, 0.05) is 11.6 Å². The smallest absolute Gasteiger partial charge is 0.325 e. The van der Waals surface area contributed by atoms with Crippen LogP contribution in [0.15, 0.2) is 36.4 Å². The van der Waals surface area contributed by atoms with Crippen molar-refractivity contribution in [1.29, 1.82) is 0 Å². The first-order chi connectivity index (χ1) is 14.9. The number of hydrogen-bond donors (Lipinski definition) is 2. The van der Waals surface area contributed by atoms with Crippen molar-refractivity contribution < 1.29 is 38.1 Å². The summed E-state index contributed by atoms with van der Waals surface area (Å²) in [6, 6.07) is 9.46. The van der Waals surface area contributed by atoms with Gasteiger partial charge in [-0.2, -0.15) is 0 Å². The number of fused-ring (bicyclic) bond motifs is 1. The third-order valence-electron chi connectivity index (χ3n) is 4.28. The molecule has 0 bridgehead atoms. The first kappa shape index (κ1) is 21.6. The molecular weight excluding hydrogens is 408 g/mol. The van der Waals surface area contributed by atoms with Gasteiger partial charge in [-0.25, -0.2) is 0 Å². The van der Waals surface area contributed by atoms with Crippen LogP contribution in [0.1, 0.15) is 27.6 Å². The molecule has 162 valence electrons. The molecule has 0 aliphatic carbocycles. The van der Waals surface area contributed by atoms with E-state index in [0.29, 0.717) is 17.2 Å². The number of Topliss-reactive ketones (excluding diaryl/α,β-unsaturated/α-hetero) is 1. The number of ether oxygens (including phenoxy) is 4. The van der Waals surface area contributed by atoms with Gasteiger partial charge in [0.05, 0.1) is 18.4 Å². The molecule has 2 N–H and O–H groups in total. The van der Waals surface area contributed by atoms with Gasteiger partial charge in [0.2, 0.25) is 6.79 Å². The van der Waals surface area contributed by atoms with E-state index in [9.17, 15) is 19.2 Å². The molecule has 1 heterocycles. The highest BCUT2D eigenvalue weighted by Crippen LogP contribution is 2.37. The summed E-state index contributed by atoms with van der Waals surface area (Å²) in [6.45, 7) is 0.321. The summed E-state index contributed by atoms with van der Waals surface area (Å²) in [4.78, 5) is 48.1. The third kappa shape index (κ3) is 5.30. The highest BCUT2D eigenvalue weighted by molar-refractivity contribution is 6.05. The van der Waals surface area contributed by atoms with Gasteiger partial charge in [-0.05, 0) is 25.1 Å². The Labute approximate surface area is 177 Å². The fourth-order valence-electron chi connectivity index (χ4n) is 2.80. The minimum absolute atomic E-state index is 0.0161. The summed E-state index contributed by atoms with van der Waals surface area (Å²) in [5.74, 6) is -1.13. The molecule has 2 aromatic rings. The Morgan fingerprint density at radius 2 is 1.74 bits per heavy atom. The fraction of sp³-hybridized carbons (Fsp3) is 0.238. The number of benzene rings is 2. The number of rotatable bonds is 8. The summed E-state index contributed by atoms with van der Waals surface area (Å²) in [7, 11) is 1.43. The standard InChI is InChI=1S/C21H20N2O8/c1-12(24)14-7-17-18(31-11-30-17)8-15(14)23-19(25)10-29-20(26)9-22-21(27)13-5-3-4-6-16(13)28-2/h3-8H,9-11H2,1-2H3,(H,22,27)(H,23,25). The van der Waals surface area contributed by atoms with Gasteiger partial charge >= 0.3 is 5.97 Å². The van der Waals surface area contributed by atoms with Crippen molar-refractivity contribution >= 4 is 29.3 Å². The molecule has 2 aromatic carbocycles. The quantitative estimate of drug-likeness (QED) is 0.478. The normalized spacial score (nSPS) is 11.4. The maximum atomic E-state index is 12.2. The van der Waals surface area contributed by atoms with E-state index < -0.39 is 30.9 Å². The van der Waals surface area contributed by atoms with Crippen molar-refractivity contribution in [3.8, 4) is 17.2 Å². The molecule has 0 atom stereocenters. The number of nitrogens with one attached hydrogen (secondary N) is 2. The van der Waals surface area contributed by atoms with Crippen molar-refractivity contribution in [2.75, 3.05) is 32.4 Å². The molecular formula is C21H20N2O8. The van der Waals surface area contributed by atoms with Crippen molar-refractivity contribution in [2.24, 2.45) is 0 Å². The summed E-state index contributed by atoms with van der Waals surface area (Å²) in [5.41, 5.74) is 0.699. The van der Waals surface area contributed by atoms with Crippen LogP contribution >= 0.6 is 0 Å². The van der Waals surface area contributed by atoms with Crippen molar-refractivity contribution in [3.63, 3.8) is 0 Å². The largest absolute Gasteiger partial charge is 0.496 e. The van der Waals surface area contributed by atoms with E-state index in [-0.39, 0.29) is 29.4 Å². The number of amides is 2. The van der Waals surface area contributed by atoms with E-state index in [0.717, 1.165) is 0 Å². The first-order valence-electron chi connectivity index (χ1n) is 9.20. The molecule has 0 fully saturated rings. The van der Waals surface area contributed by atoms with E-state index in [1.54, 1.807) is 24.3 Å². The average molecular weight is 428 g/mol. The molecule has 10 heteroatoms. The minimum Gasteiger partial charge on any atom is -0.496 e. The molecule has 0 saturated heterocycles. The van der Waals surface area contributed by atoms with Crippen molar-refractivity contribution in [3.05, 3.63) is 47.5 Å². The van der Waals surface area contributed by atoms with E-state index in [1.807, 2.05) is 0 Å². The van der Waals surface area contributed by atoms with Gasteiger partial charge in [0.15, 0.2) is 23.9 Å². The summed E-state index contributed by atoms with van der Waals surface area (Å²) in [6.07, 6.45) is 0. The van der Waals surface area contributed by atoms with Crippen LogP contribution in [0.5, 0.6) is 17.2 Å². The zero-order valence-electron chi connectivity index (χ0n) is 16.9. The lowest BCUT2D eigenvalue weighted by molar-refractivity contribution is -0.146. The van der Waals surface area contributed by atoms with Crippen LogP contribution < -0.4 is 24.8 Å². The van der Waals surface area contributed by atoms with Crippen LogP contribution in [0.4, 0.5) is 5.69 Å². The van der Waals surface area contributed by atoms with E-state index in [4.69, 9.17) is 18.9 Å². The van der Waals surface area contributed by atoms with Crippen LogP contribution in [0.2, 0.25) is 0 Å². The lowest BCUT2D eigenvalue weighted by Crippen LogP contribution is -2.32. The molecule has 1 aliphatic rings. The fourth-order valence-corrected chi connectivity index (χ4v) is 2.80. The van der Waals surface area contributed by atoms with Gasteiger partial charge in [-0.3, -0.25) is 19.2 Å². The molecule has 10 nitrogen and oxygen atoms in total. The first-order valence-corrected chi connectivity index (χ1v) is 9.20. The molecule has 1 aliphatic heterocycles. The van der Waals surface area contributed by atoms with Gasteiger partial charge in [0.1, 0.15) is 12.3 Å². The number of carbonyl (C=O) groups is 4. The van der Waals surface area contributed by atoms with Gasteiger partial charge in [-0.1, -0.05) is 12.1 Å². The van der Waals surface area contributed by atoms with E-state index in [2.05, 4.69) is 10.6 Å². The molecule has 0 radical (unpaired) electrons. The van der Waals surface area contributed by atoms with Crippen molar-refractivity contribution in [2.45, 2.75) is 6.92 Å². The van der Waals surface area contributed by atoms with Crippen LogP contribution in [-0.2, 0) is 14.3 Å². The Kier molecular flexibility index (Phi) is 6.71. The predicted molar refractivity (Wildman–Crippen MR) is 107 cm³/mol. The predicted octanol–water partition coefficient (Wildman–Crippen LogP) is 1.54. The lowest BCUT2D eigenvalue weighted by Gasteiger charge is -2.11. The zero-order chi connectivity index (χ0) is 22.4. The number of anilines is 1. The Morgan fingerprint density at radius 1 is 1.03 bits per heavy atom. The SMILES string of the molecule is COc1ccccc1C(=O)NCC(=O)OCC(=O)Nc1cc2c(cc1C(C)=O)OCO2. The highest BCUT2D eigenvalue weighted by atomic mass is 16.7. The van der Waals surface area contributed by atoms with Crippen molar-refractivity contribution in [1.82, 2.24) is 5.32 Å². The second-order valence-electron chi connectivity index (χ2n) is 6.40. The van der Waals surface area contributed by atoms with Gasteiger partial charge in [0.25, 0.3) is 11.8 Å². The summed E-state index contributed by atoms with van der Waals surface area (Å²) in [5, 5.41) is 4.91. The molecule has 2 amide bonds. The summed E-state index contributed by atoms with van der Waals surface area (Å²) < 4.78 is 20.4. The summed E-state index contributed by atoms with van der Waals surface area (Å²) >= 11 is 0. The Bertz CT molecular complexity index is 1030. The van der Waals surface area contributed by atoms with Crippen LogP contribution in [-0.4, -0.2) is 50.6 Å². The third-order valence-corrected chi connectivity index (χ3v) is 4.28. The maximum absolute atomic E-state index is 12.2. The number of esters is 1. The molecule has 0 aromatic heterocycles.